The highest BCUT2D eigenvalue weighted by Gasteiger charge is 2.16. The molecule has 1 aliphatic heterocycles. The molecule has 98 valence electrons. The Labute approximate surface area is 108 Å². The fraction of sp³-hybridized carbons (Fsp3) is 0.533. The van der Waals surface area contributed by atoms with Gasteiger partial charge in [-0.1, -0.05) is 0 Å². The van der Waals surface area contributed by atoms with Crippen LogP contribution in [0.1, 0.15) is 48.0 Å². The zero-order chi connectivity index (χ0) is 13.0. The normalized spacial score (nSPS) is 19.7. The van der Waals surface area contributed by atoms with E-state index in [1.54, 1.807) is 6.07 Å². The van der Waals surface area contributed by atoms with Crippen molar-refractivity contribution in [1.29, 1.82) is 0 Å². The Morgan fingerprint density at radius 3 is 2.94 bits per heavy atom. The second-order valence-electron chi connectivity index (χ2n) is 5.02. The molecule has 1 saturated heterocycles. The van der Waals surface area contributed by atoms with Crippen molar-refractivity contribution in [2.24, 2.45) is 0 Å². The molecular weight excluding hydrogens is 226 g/mol. The first-order valence-corrected chi connectivity index (χ1v) is 6.68. The van der Waals surface area contributed by atoms with Crippen molar-refractivity contribution in [3.63, 3.8) is 0 Å². The Morgan fingerprint density at radius 1 is 1.44 bits per heavy atom. The van der Waals surface area contributed by atoms with Gasteiger partial charge in [-0.2, -0.15) is 0 Å². The number of rotatable bonds is 4. The lowest BCUT2D eigenvalue weighted by molar-refractivity contribution is 0.0104. The second-order valence-corrected chi connectivity index (χ2v) is 5.02. The lowest BCUT2D eigenvalue weighted by atomic mass is 9.97. The Hall–Kier alpha value is -1.35. The summed E-state index contributed by atoms with van der Waals surface area (Å²) in [5, 5.41) is 0. The monoisotopic (exact) mass is 247 g/mol. The van der Waals surface area contributed by atoms with Gasteiger partial charge < -0.3 is 10.5 Å². The summed E-state index contributed by atoms with van der Waals surface area (Å²) in [6.45, 7) is 2.78. The molecule has 1 aromatic rings. The van der Waals surface area contributed by atoms with Crippen LogP contribution in [0.25, 0.3) is 0 Å². The number of hydrogen-bond donors (Lipinski definition) is 1. The van der Waals surface area contributed by atoms with Gasteiger partial charge in [0.25, 0.3) is 0 Å². The highest BCUT2D eigenvalue weighted by molar-refractivity contribution is 5.97. The van der Waals surface area contributed by atoms with Gasteiger partial charge in [-0.25, -0.2) is 0 Å². The van der Waals surface area contributed by atoms with Crippen molar-refractivity contribution in [3.8, 4) is 0 Å². The number of benzene rings is 1. The predicted molar refractivity (Wildman–Crippen MR) is 72.7 cm³/mol. The van der Waals surface area contributed by atoms with E-state index in [1.165, 1.54) is 6.42 Å². The average Bonchev–Trinajstić information content (AvgIpc) is 2.37. The number of nitrogens with two attached hydrogens (primary N) is 1. The molecule has 1 aromatic carbocycles. The zero-order valence-electron chi connectivity index (χ0n) is 10.9. The van der Waals surface area contributed by atoms with Gasteiger partial charge in [0.2, 0.25) is 0 Å². The Kier molecular flexibility index (Phi) is 4.37. The lowest BCUT2D eigenvalue weighted by Gasteiger charge is -2.22. The summed E-state index contributed by atoms with van der Waals surface area (Å²) in [4.78, 5) is 12.1. The van der Waals surface area contributed by atoms with Crippen LogP contribution in [0, 0.1) is 6.92 Å². The van der Waals surface area contributed by atoms with Crippen LogP contribution in [0.3, 0.4) is 0 Å². The zero-order valence-corrected chi connectivity index (χ0v) is 10.9. The van der Waals surface area contributed by atoms with Gasteiger partial charge in [0, 0.05) is 24.3 Å². The number of anilines is 1. The number of carbonyl (C=O) groups excluding carboxylic acids is 1. The number of hydrogen-bond acceptors (Lipinski definition) is 3. The van der Waals surface area contributed by atoms with Crippen LogP contribution in [0.15, 0.2) is 18.2 Å². The third-order valence-electron chi connectivity index (χ3n) is 3.52. The Balaban J connectivity index is 1.90. The molecule has 3 nitrogen and oxygen atoms in total. The van der Waals surface area contributed by atoms with Crippen LogP contribution < -0.4 is 5.73 Å². The summed E-state index contributed by atoms with van der Waals surface area (Å²) in [5.74, 6) is 0.196. The first-order chi connectivity index (χ1) is 8.66. The van der Waals surface area contributed by atoms with Crippen LogP contribution in [-0.2, 0) is 4.74 Å². The van der Waals surface area contributed by atoms with Crippen molar-refractivity contribution >= 4 is 11.5 Å². The van der Waals surface area contributed by atoms with Crippen molar-refractivity contribution in [3.05, 3.63) is 29.3 Å². The number of Topliss-reactive ketones (excluding diaryl/α,β-unsaturated/α-hetero) is 1. The molecule has 0 aliphatic carbocycles. The van der Waals surface area contributed by atoms with Crippen molar-refractivity contribution < 1.29 is 9.53 Å². The van der Waals surface area contributed by atoms with E-state index in [2.05, 4.69) is 0 Å². The first kappa shape index (κ1) is 13.1. The molecule has 2 N–H and O–H groups in total. The third-order valence-corrected chi connectivity index (χ3v) is 3.52. The van der Waals surface area contributed by atoms with E-state index in [1.807, 2.05) is 19.1 Å². The van der Waals surface area contributed by atoms with Gasteiger partial charge in [0.05, 0.1) is 6.10 Å². The summed E-state index contributed by atoms with van der Waals surface area (Å²) in [6.07, 6.45) is 5.14. The van der Waals surface area contributed by atoms with Gasteiger partial charge in [0.15, 0.2) is 5.78 Å². The largest absolute Gasteiger partial charge is 0.399 e. The first-order valence-electron chi connectivity index (χ1n) is 6.68. The highest BCUT2D eigenvalue weighted by Crippen LogP contribution is 2.20. The molecule has 18 heavy (non-hydrogen) atoms. The number of ether oxygens (including phenoxy) is 1. The summed E-state index contributed by atoms with van der Waals surface area (Å²) in [6, 6.07) is 5.47. The lowest BCUT2D eigenvalue weighted by Crippen LogP contribution is -2.20. The average molecular weight is 247 g/mol. The minimum atomic E-state index is 0.196. The van der Waals surface area contributed by atoms with Crippen LogP contribution in [0.5, 0.6) is 0 Å². The summed E-state index contributed by atoms with van der Waals surface area (Å²) >= 11 is 0. The number of ketones is 1. The fourth-order valence-corrected chi connectivity index (χ4v) is 2.46. The van der Waals surface area contributed by atoms with E-state index in [0.717, 1.165) is 37.0 Å². The third kappa shape index (κ3) is 3.33. The standard InChI is InChI=1S/C15H21NO2/c1-11-10-12(16)5-7-14(11)15(17)8-6-13-4-2-3-9-18-13/h5,7,10,13H,2-4,6,8-9,16H2,1H3. The van der Waals surface area contributed by atoms with Crippen molar-refractivity contribution in [2.45, 2.75) is 45.1 Å². The van der Waals surface area contributed by atoms with E-state index in [9.17, 15) is 4.79 Å². The maximum atomic E-state index is 12.1. The Bertz CT molecular complexity index is 423. The molecule has 0 amide bonds. The van der Waals surface area contributed by atoms with Gasteiger partial charge in [-0.3, -0.25) is 4.79 Å². The second kappa shape index (κ2) is 6.01. The smallest absolute Gasteiger partial charge is 0.163 e. The number of carbonyl (C=O) groups is 1. The van der Waals surface area contributed by atoms with Gasteiger partial charge in [0.1, 0.15) is 0 Å². The molecule has 2 rings (SSSR count). The molecule has 0 bridgehead atoms. The summed E-state index contributed by atoms with van der Waals surface area (Å²) in [7, 11) is 0. The quantitative estimate of drug-likeness (QED) is 0.657. The van der Waals surface area contributed by atoms with E-state index < -0.39 is 0 Å². The van der Waals surface area contributed by atoms with Crippen LogP contribution >= 0.6 is 0 Å². The molecule has 1 fully saturated rings. The minimum absolute atomic E-state index is 0.196. The highest BCUT2D eigenvalue weighted by atomic mass is 16.5. The summed E-state index contributed by atoms with van der Waals surface area (Å²) in [5.41, 5.74) is 8.15. The molecule has 0 saturated carbocycles. The molecule has 1 unspecified atom stereocenters. The molecule has 1 heterocycles. The molecule has 0 spiro atoms. The molecule has 3 heteroatoms. The van der Waals surface area contributed by atoms with E-state index in [4.69, 9.17) is 10.5 Å². The number of aryl methyl sites for hydroxylation is 1. The van der Waals surface area contributed by atoms with Crippen molar-refractivity contribution in [1.82, 2.24) is 0 Å². The van der Waals surface area contributed by atoms with Crippen LogP contribution in [0.4, 0.5) is 5.69 Å². The van der Waals surface area contributed by atoms with Crippen molar-refractivity contribution in [2.75, 3.05) is 12.3 Å². The molecule has 1 atom stereocenters. The molecule has 1 aliphatic rings. The topological polar surface area (TPSA) is 52.3 Å². The molecule has 0 radical (unpaired) electrons. The van der Waals surface area contributed by atoms with E-state index in [0.29, 0.717) is 12.1 Å². The number of nitrogen functional groups attached to an aromatic ring is 1. The van der Waals surface area contributed by atoms with E-state index >= 15 is 0 Å². The van der Waals surface area contributed by atoms with Crippen LogP contribution in [-0.4, -0.2) is 18.5 Å². The molecular formula is C15H21NO2. The van der Waals surface area contributed by atoms with Gasteiger partial charge >= 0.3 is 0 Å². The maximum Gasteiger partial charge on any atom is 0.163 e. The Morgan fingerprint density at radius 2 is 2.28 bits per heavy atom. The van der Waals surface area contributed by atoms with Gasteiger partial charge in [-0.05, 0) is 56.4 Å². The molecule has 0 aromatic heterocycles. The van der Waals surface area contributed by atoms with E-state index in [-0.39, 0.29) is 11.9 Å². The van der Waals surface area contributed by atoms with Crippen LogP contribution in [0.2, 0.25) is 0 Å². The van der Waals surface area contributed by atoms with Gasteiger partial charge in [-0.15, -0.1) is 0 Å². The SMILES string of the molecule is Cc1cc(N)ccc1C(=O)CCC1CCCCO1. The predicted octanol–water partition coefficient (Wildman–Crippen LogP) is 3.11. The fourth-order valence-electron chi connectivity index (χ4n) is 2.46. The maximum absolute atomic E-state index is 12.1. The summed E-state index contributed by atoms with van der Waals surface area (Å²) < 4.78 is 5.64. The minimum Gasteiger partial charge on any atom is -0.399 e.